The summed E-state index contributed by atoms with van der Waals surface area (Å²) in [6.07, 6.45) is -3.28. The first-order chi connectivity index (χ1) is 9.99. The third-order valence-electron chi connectivity index (χ3n) is 2.77. The van der Waals surface area contributed by atoms with E-state index >= 15 is 0 Å². The summed E-state index contributed by atoms with van der Waals surface area (Å²) >= 11 is 0. The van der Waals surface area contributed by atoms with Gasteiger partial charge in [0.05, 0.1) is 11.4 Å². The molecule has 1 aromatic heterocycles. The Morgan fingerprint density at radius 1 is 1.38 bits per heavy atom. The van der Waals surface area contributed by atoms with Crippen LogP contribution in [0.1, 0.15) is 10.5 Å². The highest BCUT2D eigenvalue weighted by molar-refractivity contribution is 5.92. The Bertz CT molecular complexity index is 630. The molecule has 2 aromatic rings. The summed E-state index contributed by atoms with van der Waals surface area (Å²) in [5, 5.41) is 15.1. The topological polar surface area (TPSA) is 93.2 Å². The number of rotatable bonds is 5. The Kier molecular flexibility index (Phi) is 4.49. The van der Waals surface area contributed by atoms with Gasteiger partial charge < -0.3 is 16.2 Å². The molecule has 0 bridgehead atoms. The molecule has 0 spiro atoms. The molecule has 1 unspecified atom stereocenters. The Morgan fingerprint density at radius 2 is 2.10 bits per heavy atom. The van der Waals surface area contributed by atoms with Crippen LogP contribution in [0, 0.1) is 0 Å². The molecule has 1 aromatic carbocycles. The number of aliphatic hydroxyl groups is 1. The van der Waals surface area contributed by atoms with E-state index in [1.807, 2.05) is 0 Å². The highest BCUT2D eigenvalue weighted by Crippen LogP contribution is 2.15. The average Bonchev–Trinajstić information content (AvgIpc) is 2.94. The maximum absolute atomic E-state index is 12.1. The molecular weight excluding hydrogens is 282 g/mol. The van der Waals surface area contributed by atoms with Gasteiger partial charge in [0.1, 0.15) is 6.10 Å². The van der Waals surface area contributed by atoms with E-state index in [1.54, 1.807) is 24.3 Å². The average molecular weight is 296 g/mol. The Morgan fingerprint density at radius 3 is 2.76 bits per heavy atom. The number of aromatic nitrogens is 2. The molecule has 21 heavy (non-hydrogen) atoms. The zero-order valence-corrected chi connectivity index (χ0v) is 10.9. The van der Waals surface area contributed by atoms with Crippen molar-refractivity contribution in [3.8, 4) is 5.69 Å². The van der Waals surface area contributed by atoms with E-state index in [0.29, 0.717) is 11.4 Å². The van der Waals surface area contributed by atoms with Crippen LogP contribution in [0.3, 0.4) is 0 Å². The maximum atomic E-state index is 12.1. The van der Waals surface area contributed by atoms with Crippen LogP contribution in [0.15, 0.2) is 36.5 Å². The van der Waals surface area contributed by atoms with Crippen LogP contribution < -0.4 is 11.1 Å². The lowest BCUT2D eigenvalue weighted by Crippen LogP contribution is -2.36. The van der Waals surface area contributed by atoms with Crippen molar-refractivity contribution in [2.45, 2.75) is 12.5 Å². The molecule has 2 rings (SSSR count). The minimum absolute atomic E-state index is 0.0414. The van der Waals surface area contributed by atoms with Crippen molar-refractivity contribution in [1.29, 1.82) is 0 Å². The minimum Gasteiger partial charge on any atom is -0.397 e. The summed E-state index contributed by atoms with van der Waals surface area (Å²) < 4.78 is 25.6. The van der Waals surface area contributed by atoms with Crippen molar-refractivity contribution in [2.24, 2.45) is 0 Å². The van der Waals surface area contributed by atoms with Gasteiger partial charge in [0.2, 0.25) is 0 Å². The number of halogens is 2. The number of alkyl halides is 2. The monoisotopic (exact) mass is 296 g/mol. The summed E-state index contributed by atoms with van der Waals surface area (Å²) in [7, 11) is 0. The van der Waals surface area contributed by atoms with Gasteiger partial charge in [-0.3, -0.25) is 4.79 Å². The number of aliphatic hydroxyl groups excluding tert-OH is 1. The van der Waals surface area contributed by atoms with Crippen molar-refractivity contribution in [3.05, 3.63) is 42.2 Å². The molecule has 4 N–H and O–H groups in total. The lowest BCUT2D eigenvalue weighted by atomic mass is 10.3. The number of nitrogens with zero attached hydrogens (tertiary/aromatic N) is 2. The number of nitrogen functional groups attached to an aromatic ring is 1. The normalized spacial score (nSPS) is 12.4. The number of hydrogen-bond donors (Lipinski definition) is 3. The smallest absolute Gasteiger partial charge is 0.271 e. The minimum atomic E-state index is -2.91. The molecule has 0 fully saturated rings. The Labute approximate surface area is 119 Å². The predicted octanol–water partition coefficient (Wildman–Crippen LogP) is 0.810. The second-order valence-electron chi connectivity index (χ2n) is 4.32. The van der Waals surface area contributed by atoms with Crippen LogP contribution in [0.4, 0.5) is 14.5 Å². The van der Waals surface area contributed by atoms with Crippen molar-refractivity contribution >= 4 is 11.6 Å². The molecule has 1 heterocycles. The van der Waals surface area contributed by atoms with E-state index in [-0.39, 0.29) is 5.69 Å². The van der Waals surface area contributed by atoms with E-state index in [9.17, 15) is 13.6 Å². The molecule has 1 amide bonds. The van der Waals surface area contributed by atoms with Gasteiger partial charge in [-0.05, 0) is 18.2 Å². The van der Waals surface area contributed by atoms with Gasteiger partial charge in [0.15, 0.2) is 5.69 Å². The van der Waals surface area contributed by atoms with Crippen molar-refractivity contribution < 1.29 is 18.7 Å². The first kappa shape index (κ1) is 14.9. The van der Waals surface area contributed by atoms with Crippen LogP contribution in [-0.4, -0.2) is 39.9 Å². The number of amides is 1. The predicted molar refractivity (Wildman–Crippen MR) is 72.3 cm³/mol. The number of para-hydroxylation sites is 2. The van der Waals surface area contributed by atoms with Gasteiger partial charge in [-0.2, -0.15) is 5.10 Å². The first-order valence-electron chi connectivity index (χ1n) is 6.14. The van der Waals surface area contributed by atoms with Crippen molar-refractivity contribution in [2.75, 3.05) is 12.3 Å². The summed E-state index contributed by atoms with van der Waals surface area (Å²) in [5.41, 5.74) is 6.92. The summed E-state index contributed by atoms with van der Waals surface area (Å²) in [6.45, 7) is -0.545. The summed E-state index contributed by atoms with van der Waals surface area (Å²) in [4.78, 5) is 11.7. The van der Waals surface area contributed by atoms with Gasteiger partial charge in [0, 0.05) is 12.7 Å². The number of hydrogen-bond acceptors (Lipinski definition) is 4. The highest BCUT2D eigenvalue weighted by atomic mass is 19.3. The lowest BCUT2D eigenvalue weighted by Gasteiger charge is -2.09. The van der Waals surface area contributed by atoms with Crippen LogP contribution in [0.25, 0.3) is 5.69 Å². The Balaban J connectivity index is 2.06. The van der Waals surface area contributed by atoms with Crippen molar-refractivity contribution in [3.63, 3.8) is 0 Å². The number of anilines is 1. The quantitative estimate of drug-likeness (QED) is 0.712. The third kappa shape index (κ3) is 3.54. The Hall–Kier alpha value is -2.48. The number of nitrogens with two attached hydrogens (primary N) is 1. The first-order valence-corrected chi connectivity index (χ1v) is 6.14. The van der Waals surface area contributed by atoms with E-state index in [1.165, 1.54) is 16.9 Å². The van der Waals surface area contributed by atoms with Gasteiger partial charge >= 0.3 is 0 Å². The highest BCUT2D eigenvalue weighted by Gasteiger charge is 2.18. The fourth-order valence-corrected chi connectivity index (χ4v) is 1.65. The zero-order valence-electron chi connectivity index (χ0n) is 10.9. The second kappa shape index (κ2) is 6.31. The third-order valence-corrected chi connectivity index (χ3v) is 2.77. The van der Waals surface area contributed by atoms with Gasteiger partial charge in [-0.15, -0.1) is 0 Å². The molecule has 0 aliphatic rings. The van der Waals surface area contributed by atoms with E-state index < -0.39 is 25.0 Å². The van der Waals surface area contributed by atoms with Crippen molar-refractivity contribution in [1.82, 2.24) is 15.1 Å². The SMILES string of the molecule is Nc1ccccc1-n1ccc(C(=O)NCC(O)C(F)F)n1. The molecule has 0 radical (unpaired) electrons. The summed E-state index contributed by atoms with van der Waals surface area (Å²) in [5.74, 6) is -0.650. The number of nitrogens with one attached hydrogen (secondary N) is 1. The molecule has 0 saturated heterocycles. The standard InChI is InChI=1S/C13H14F2N4O2/c14-12(15)11(20)7-17-13(21)9-5-6-19(18-9)10-4-2-1-3-8(10)16/h1-6,11-12,20H,7,16H2,(H,17,21). The van der Waals surface area contributed by atoms with Crippen LogP contribution in [-0.2, 0) is 0 Å². The second-order valence-corrected chi connectivity index (χ2v) is 4.32. The molecule has 0 saturated carbocycles. The van der Waals surface area contributed by atoms with Gasteiger partial charge in [-0.25, -0.2) is 13.5 Å². The maximum Gasteiger partial charge on any atom is 0.271 e. The zero-order chi connectivity index (χ0) is 15.4. The fourth-order valence-electron chi connectivity index (χ4n) is 1.65. The van der Waals surface area contributed by atoms with E-state index in [4.69, 9.17) is 10.8 Å². The van der Waals surface area contributed by atoms with Crippen LogP contribution >= 0.6 is 0 Å². The van der Waals surface area contributed by atoms with Crippen LogP contribution in [0.5, 0.6) is 0 Å². The van der Waals surface area contributed by atoms with Gasteiger partial charge in [0.25, 0.3) is 12.3 Å². The van der Waals surface area contributed by atoms with E-state index in [2.05, 4.69) is 10.4 Å². The number of benzene rings is 1. The molecule has 0 aliphatic heterocycles. The van der Waals surface area contributed by atoms with Crippen LogP contribution in [0.2, 0.25) is 0 Å². The summed E-state index contributed by atoms with van der Waals surface area (Å²) in [6, 6.07) is 8.38. The molecule has 1 atom stereocenters. The molecule has 8 heteroatoms. The fraction of sp³-hybridized carbons (Fsp3) is 0.231. The number of carbonyl (C=O) groups excluding carboxylic acids is 1. The molecular formula is C13H14F2N4O2. The largest absolute Gasteiger partial charge is 0.397 e. The lowest BCUT2D eigenvalue weighted by molar-refractivity contribution is -0.00273. The molecule has 0 aliphatic carbocycles. The molecule has 112 valence electrons. The van der Waals surface area contributed by atoms with E-state index in [0.717, 1.165) is 0 Å². The molecule has 6 nitrogen and oxygen atoms in total. The number of carbonyl (C=O) groups is 1. The van der Waals surface area contributed by atoms with Gasteiger partial charge in [-0.1, -0.05) is 12.1 Å².